The Morgan fingerprint density at radius 3 is 2.65 bits per heavy atom. The molecule has 0 unspecified atom stereocenters. The molecular formula is C21H23ClN4O5. The number of non-ortho nitro benzene ring substituents is 1. The largest absolute Gasteiger partial charge is 0.504 e. The molecule has 1 amide bonds. The van der Waals surface area contributed by atoms with Gasteiger partial charge < -0.3 is 9.84 Å². The Morgan fingerprint density at radius 1 is 1.35 bits per heavy atom. The third-order valence-electron chi connectivity index (χ3n) is 5.18. The number of nitrogens with zero attached hydrogens (tertiary/aromatic N) is 3. The molecule has 0 bridgehead atoms. The van der Waals surface area contributed by atoms with Crippen molar-refractivity contribution in [3.63, 3.8) is 0 Å². The Hall–Kier alpha value is -3.17. The van der Waals surface area contributed by atoms with Crippen LogP contribution in [0.25, 0.3) is 0 Å². The maximum atomic E-state index is 12.4. The maximum absolute atomic E-state index is 12.4. The van der Waals surface area contributed by atoms with E-state index in [4.69, 9.17) is 16.3 Å². The fourth-order valence-corrected chi connectivity index (χ4v) is 3.56. The molecule has 2 aromatic rings. The molecule has 1 fully saturated rings. The highest BCUT2D eigenvalue weighted by Crippen LogP contribution is 2.33. The molecule has 1 aliphatic heterocycles. The van der Waals surface area contributed by atoms with Gasteiger partial charge in [0.2, 0.25) is 5.91 Å². The monoisotopic (exact) mass is 446 g/mol. The van der Waals surface area contributed by atoms with E-state index < -0.39 is 4.92 Å². The maximum Gasteiger partial charge on any atom is 0.274 e. The molecule has 3 rings (SSSR count). The first-order valence-electron chi connectivity index (χ1n) is 9.72. The normalized spacial score (nSPS) is 15.2. The molecular weight excluding hydrogens is 424 g/mol. The molecule has 2 N–H and O–H groups in total. The van der Waals surface area contributed by atoms with Crippen molar-refractivity contribution in [3.8, 4) is 11.5 Å². The average Bonchev–Trinajstić information content (AvgIpc) is 2.76. The average molecular weight is 447 g/mol. The van der Waals surface area contributed by atoms with Crippen LogP contribution in [0.15, 0.2) is 41.5 Å². The van der Waals surface area contributed by atoms with Crippen molar-refractivity contribution in [1.29, 1.82) is 0 Å². The highest BCUT2D eigenvalue weighted by Gasteiger charge is 2.25. The predicted molar refractivity (Wildman–Crippen MR) is 117 cm³/mol. The summed E-state index contributed by atoms with van der Waals surface area (Å²) < 4.78 is 4.94. The number of rotatable bonds is 7. The summed E-state index contributed by atoms with van der Waals surface area (Å²) in [6.45, 7) is 2.37. The zero-order valence-electron chi connectivity index (χ0n) is 17.0. The van der Waals surface area contributed by atoms with Gasteiger partial charge in [0.05, 0.1) is 24.3 Å². The van der Waals surface area contributed by atoms with Gasteiger partial charge in [0.25, 0.3) is 5.69 Å². The standard InChI is InChI=1S/C21H23ClN4O5/c1-31-19-11-18(26(29)30)10-16(20(19)27)12-23-24-21(28)15-6-8-25(9-7-15)13-14-2-4-17(22)5-3-14/h2-5,10-12,15,27H,6-9,13H2,1H3,(H,24,28). The summed E-state index contributed by atoms with van der Waals surface area (Å²) in [5.41, 5.74) is 3.45. The first-order valence-corrected chi connectivity index (χ1v) is 10.1. The third-order valence-corrected chi connectivity index (χ3v) is 5.43. The molecule has 31 heavy (non-hydrogen) atoms. The minimum Gasteiger partial charge on any atom is -0.504 e. The Labute approximate surface area is 184 Å². The van der Waals surface area contributed by atoms with Gasteiger partial charge in [-0.2, -0.15) is 5.10 Å². The fourth-order valence-electron chi connectivity index (χ4n) is 3.43. The molecule has 0 radical (unpaired) electrons. The van der Waals surface area contributed by atoms with Crippen LogP contribution in [0, 0.1) is 16.0 Å². The van der Waals surface area contributed by atoms with Crippen LogP contribution in [0.1, 0.15) is 24.0 Å². The van der Waals surface area contributed by atoms with Crippen LogP contribution < -0.4 is 10.2 Å². The highest BCUT2D eigenvalue weighted by atomic mass is 35.5. The number of aromatic hydroxyl groups is 1. The second-order valence-electron chi connectivity index (χ2n) is 7.25. The molecule has 0 saturated carbocycles. The SMILES string of the molecule is COc1cc([N+](=O)[O-])cc(C=NNC(=O)C2CCN(Cc3ccc(Cl)cc3)CC2)c1O. The van der Waals surface area contributed by atoms with E-state index in [0.29, 0.717) is 17.9 Å². The molecule has 9 nitrogen and oxygen atoms in total. The molecule has 1 heterocycles. The van der Waals surface area contributed by atoms with E-state index in [0.717, 1.165) is 31.8 Å². The lowest BCUT2D eigenvalue weighted by Gasteiger charge is -2.30. The van der Waals surface area contributed by atoms with Gasteiger partial charge in [0, 0.05) is 29.1 Å². The Balaban J connectivity index is 1.53. The van der Waals surface area contributed by atoms with E-state index in [1.807, 2.05) is 24.3 Å². The number of amides is 1. The highest BCUT2D eigenvalue weighted by molar-refractivity contribution is 6.30. The molecule has 164 valence electrons. The molecule has 2 aromatic carbocycles. The van der Waals surface area contributed by atoms with Crippen LogP contribution in [-0.4, -0.2) is 47.3 Å². The number of carbonyl (C=O) groups excluding carboxylic acids is 1. The van der Waals surface area contributed by atoms with E-state index >= 15 is 0 Å². The smallest absolute Gasteiger partial charge is 0.274 e. The number of piperidine rings is 1. The number of hydrogen-bond acceptors (Lipinski definition) is 7. The van der Waals surface area contributed by atoms with Gasteiger partial charge in [0.15, 0.2) is 11.5 Å². The second kappa shape index (κ2) is 10.2. The van der Waals surface area contributed by atoms with E-state index in [1.54, 1.807) is 0 Å². The molecule has 1 saturated heterocycles. The molecule has 10 heteroatoms. The van der Waals surface area contributed by atoms with Crippen LogP contribution in [0.5, 0.6) is 11.5 Å². The minimum atomic E-state index is -0.601. The quantitative estimate of drug-likeness (QED) is 0.382. The lowest BCUT2D eigenvalue weighted by molar-refractivity contribution is -0.385. The van der Waals surface area contributed by atoms with Gasteiger partial charge in [-0.15, -0.1) is 0 Å². The number of methoxy groups -OCH3 is 1. The van der Waals surface area contributed by atoms with Crippen molar-refractivity contribution >= 4 is 29.4 Å². The van der Waals surface area contributed by atoms with E-state index in [2.05, 4.69) is 15.4 Å². The van der Waals surface area contributed by atoms with Crippen molar-refractivity contribution < 1.29 is 19.6 Å². The summed E-state index contributed by atoms with van der Waals surface area (Å²) in [4.78, 5) is 25.1. The number of carbonyl (C=O) groups is 1. The van der Waals surface area contributed by atoms with Crippen LogP contribution in [-0.2, 0) is 11.3 Å². The number of halogens is 1. The topological polar surface area (TPSA) is 117 Å². The third kappa shape index (κ3) is 5.93. The van der Waals surface area contributed by atoms with E-state index in [1.165, 1.54) is 18.9 Å². The zero-order valence-corrected chi connectivity index (χ0v) is 17.7. The van der Waals surface area contributed by atoms with Gasteiger partial charge in [-0.1, -0.05) is 23.7 Å². The van der Waals surface area contributed by atoms with Gasteiger partial charge >= 0.3 is 0 Å². The molecule has 0 aromatic heterocycles. The second-order valence-corrected chi connectivity index (χ2v) is 7.69. The number of phenols is 1. The first kappa shape index (κ1) is 22.5. The number of hydrazone groups is 1. The number of ether oxygens (including phenoxy) is 1. The summed E-state index contributed by atoms with van der Waals surface area (Å²) in [5, 5.41) is 25.7. The lowest BCUT2D eigenvalue weighted by atomic mass is 9.96. The molecule has 0 atom stereocenters. The number of hydrogen-bond donors (Lipinski definition) is 2. The Bertz CT molecular complexity index is 972. The number of benzene rings is 2. The number of nitro groups is 1. The Kier molecular flexibility index (Phi) is 7.43. The van der Waals surface area contributed by atoms with Crippen molar-refractivity contribution in [2.75, 3.05) is 20.2 Å². The van der Waals surface area contributed by atoms with Gasteiger partial charge in [0.1, 0.15) is 0 Å². The summed E-state index contributed by atoms with van der Waals surface area (Å²) in [6.07, 6.45) is 2.56. The number of likely N-dealkylation sites (tertiary alicyclic amines) is 1. The Morgan fingerprint density at radius 2 is 2.03 bits per heavy atom. The summed E-state index contributed by atoms with van der Waals surface area (Å²) in [6, 6.07) is 9.99. The minimum absolute atomic E-state index is 0.0463. The predicted octanol–water partition coefficient (Wildman–Crippen LogP) is 3.32. The molecule has 1 aliphatic rings. The van der Waals surface area contributed by atoms with Crippen molar-refractivity contribution in [2.24, 2.45) is 11.0 Å². The van der Waals surface area contributed by atoms with Crippen molar-refractivity contribution in [2.45, 2.75) is 19.4 Å². The van der Waals surface area contributed by atoms with Gasteiger partial charge in [-0.25, -0.2) is 5.43 Å². The zero-order chi connectivity index (χ0) is 22.4. The van der Waals surface area contributed by atoms with Crippen molar-refractivity contribution in [1.82, 2.24) is 10.3 Å². The summed E-state index contributed by atoms with van der Waals surface area (Å²) >= 11 is 5.91. The van der Waals surface area contributed by atoms with Crippen LogP contribution >= 0.6 is 11.6 Å². The number of nitrogens with one attached hydrogen (secondary N) is 1. The van der Waals surface area contributed by atoms with Crippen molar-refractivity contribution in [3.05, 3.63) is 62.7 Å². The van der Waals surface area contributed by atoms with Crippen LogP contribution in [0.4, 0.5) is 5.69 Å². The van der Waals surface area contributed by atoms with Gasteiger partial charge in [-0.05, 0) is 43.6 Å². The lowest BCUT2D eigenvalue weighted by Crippen LogP contribution is -2.39. The fraction of sp³-hybridized carbons (Fsp3) is 0.333. The molecule has 0 spiro atoms. The summed E-state index contributed by atoms with van der Waals surface area (Å²) in [7, 11) is 1.29. The van der Waals surface area contributed by atoms with Crippen LogP contribution in [0.3, 0.4) is 0 Å². The van der Waals surface area contributed by atoms with E-state index in [-0.39, 0.29) is 34.6 Å². The summed E-state index contributed by atoms with van der Waals surface area (Å²) in [5.74, 6) is -0.734. The van der Waals surface area contributed by atoms with E-state index in [9.17, 15) is 20.0 Å². The van der Waals surface area contributed by atoms with Gasteiger partial charge in [-0.3, -0.25) is 19.8 Å². The first-order chi connectivity index (χ1) is 14.9. The van der Waals surface area contributed by atoms with Crippen LogP contribution in [0.2, 0.25) is 5.02 Å². The number of phenolic OH excluding ortho intramolecular Hbond substituents is 1. The number of nitro benzene ring substituents is 1. The molecule has 0 aliphatic carbocycles.